The second-order valence-corrected chi connectivity index (χ2v) is 7.10. The van der Waals surface area contributed by atoms with Crippen molar-refractivity contribution in [3.05, 3.63) is 17.7 Å². The molecule has 6 heteroatoms. The molecule has 22 heavy (non-hydrogen) atoms. The SMILES string of the molecule is CN1C[C@@H]2CN(C(=O)NCc3cn4c(n3)CCCC4)C[C@@H]2C1. The maximum atomic E-state index is 12.3. The summed E-state index contributed by atoms with van der Waals surface area (Å²) in [4.78, 5) is 21.3. The van der Waals surface area contributed by atoms with Crippen LogP contribution in [0.5, 0.6) is 0 Å². The Kier molecular flexibility index (Phi) is 3.56. The third-order valence-corrected chi connectivity index (χ3v) is 5.34. The van der Waals surface area contributed by atoms with Gasteiger partial charge < -0.3 is 19.7 Å². The number of hydrogen-bond acceptors (Lipinski definition) is 3. The summed E-state index contributed by atoms with van der Waals surface area (Å²) in [7, 11) is 2.17. The van der Waals surface area contributed by atoms with Crippen molar-refractivity contribution in [1.82, 2.24) is 24.7 Å². The molecule has 2 atom stereocenters. The van der Waals surface area contributed by atoms with Gasteiger partial charge >= 0.3 is 6.03 Å². The minimum absolute atomic E-state index is 0.0722. The number of aromatic nitrogens is 2. The van der Waals surface area contributed by atoms with Gasteiger partial charge in [0.05, 0.1) is 12.2 Å². The predicted octanol–water partition coefficient (Wildman–Crippen LogP) is 0.922. The van der Waals surface area contributed by atoms with E-state index in [0.29, 0.717) is 18.4 Å². The van der Waals surface area contributed by atoms with Gasteiger partial charge in [-0.15, -0.1) is 0 Å². The number of hydrogen-bond donors (Lipinski definition) is 1. The fourth-order valence-corrected chi connectivity index (χ4v) is 4.23. The van der Waals surface area contributed by atoms with Crippen molar-refractivity contribution in [1.29, 1.82) is 0 Å². The summed E-state index contributed by atoms with van der Waals surface area (Å²) in [5, 5.41) is 3.05. The molecule has 0 unspecified atom stereocenters. The largest absolute Gasteiger partial charge is 0.335 e. The van der Waals surface area contributed by atoms with Crippen molar-refractivity contribution in [3.8, 4) is 0 Å². The average molecular weight is 303 g/mol. The van der Waals surface area contributed by atoms with E-state index in [2.05, 4.69) is 33.0 Å². The zero-order chi connectivity index (χ0) is 15.1. The number of nitrogens with one attached hydrogen (secondary N) is 1. The first-order valence-electron chi connectivity index (χ1n) is 8.45. The van der Waals surface area contributed by atoms with E-state index < -0.39 is 0 Å². The van der Waals surface area contributed by atoms with Crippen LogP contribution >= 0.6 is 0 Å². The van der Waals surface area contributed by atoms with Gasteiger partial charge in [0.2, 0.25) is 0 Å². The normalized spacial score (nSPS) is 27.8. The number of imidazole rings is 1. The highest BCUT2D eigenvalue weighted by Gasteiger charge is 2.40. The van der Waals surface area contributed by atoms with E-state index in [0.717, 1.165) is 44.8 Å². The molecule has 1 N–H and O–H groups in total. The molecule has 0 aliphatic carbocycles. The minimum atomic E-state index is 0.0722. The van der Waals surface area contributed by atoms with Gasteiger partial charge in [-0.25, -0.2) is 9.78 Å². The number of urea groups is 1. The molecule has 0 bridgehead atoms. The minimum Gasteiger partial charge on any atom is -0.335 e. The van der Waals surface area contributed by atoms with E-state index in [1.165, 1.54) is 18.7 Å². The predicted molar refractivity (Wildman–Crippen MR) is 83.5 cm³/mol. The van der Waals surface area contributed by atoms with Crippen LogP contribution in [0.15, 0.2) is 6.20 Å². The van der Waals surface area contributed by atoms with Crippen LogP contribution in [0.4, 0.5) is 4.79 Å². The Labute approximate surface area is 131 Å². The third-order valence-electron chi connectivity index (χ3n) is 5.34. The Balaban J connectivity index is 1.31. The lowest BCUT2D eigenvalue weighted by Gasteiger charge is -2.19. The lowest BCUT2D eigenvalue weighted by atomic mass is 10.0. The molecule has 0 radical (unpaired) electrons. The maximum Gasteiger partial charge on any atom is 0.317 e. The number of carbonyl (C=O) groups is 1. The fraction of sp³-hybridized carbons (Fsp3) is 0.750. The quantitative estimate of drug-likeness (QED) is 0.884. The van der Waals surface area contributed by atoms with Crippen LogP contribution in [0.25, 0.3) is 0 Å². The Morgan fingerprint density at radius 3 is 2.77 bits per heavy atom. The highest BCUT2D eigenvalue weighted by molar-refractivity contribution is 5.74. The van der Waals surface area contributed by atoms with Crippen LogP contribution in [0.2, 0.25) is 0 Å². The monoisotopic (exact) mass is 303 g/mol. The molecular formula is C16H25N5O. The van der Waals surface area contributed by atoms with E-state index in [-0.39, 0.29) is 6.03 Å². The van der Waals surface area contributed by atoms with E-state index >= 15 is 0 Å². The molecule has 2 fully saturated rings. The van der Waals surface area contributed by atoms with E-state index in [1.807, 2.05) is 4.90 Å². The molecule has 1 aromatic rings. The van der Waals surface area contributed by atoms with Gasteiger partial charge in [0.25, 0.3) is 0 Å². The summed E-state index contributed by atoms with van der Waals surface area (Å²) in [6, 6.07) is 0.0722. The molecule has 120 valence electrons. The first-order valence-corrected chi connectivity index (χ1v) is 8.45. The molecule has 2 amide bonds. The smallest absolute Gasteiger partial charge is 0.317 e. The first-order chi connectivity index (χ1) is 10.7. The van der Waals surface area contributed by atoms with Crippen molar-refractivity contribution in [3.63, 3.8) is 0 Å². The lowest BCUT2D eigenvalue weighted by molar-refractivity contribution is 0.201. The number of carbonyl (C=O) groups excluding carboxylic acids is 1. The van der Waals surface area contributed by atoms with Crippen LogP contribution in [-0.4, -0.2) is 58.6 Å². The molecule has 4 heterocycles. The Morgan fingerprint density at radius 1 is 1.27 bits per heavy atom. The van der Waals surface area contributed by atoms with Crippen LogP contribution in [-0.2, 0) is 19.5 Å². The van der Waals surface area contributed by atoms with E-state index in [1.54, 1.807) is 0 Å². The van der Waals surface area contributed by atoms with Gasteiger partial charge in [-0.1, -0.05) is 0 Å². The van der Waals surface area contributed by atoms with Gasteiger partial charge in [0.1, 0.15) is 5.82 Å². The topological polar surface area (TPSA) is 53.4 Å². The highest BCUT2D eigenvalue weighted by Crippen LogP contribution is 2.30. The molecule has 0 saturated carbocycles. The summed E-state index contributed by atoms with van der Waals surface area (Å²) in [6.07, 6.45) is 5.63. The molecule has 6 nitrogen and oxygen atoms in total. The number of amides is 2. The van der Waals surface area contributed by atoms with Crippen molar-refractivity contribution in [2.75, 3.05) is 33.2 Å². The van der Waals surface area contributed by atoms with Crippen LogP contribution < -0.4 is 5.32 Å². The maximum absolute atomic E-state index is 12.3. The second kappa shape index (κ2) is 5.57. The standard InChI is InChI=1S/C16H25N5O/c1-19-7-12-9-21(10-13(12)8-19)16(22)17-6-14-11-20-5-3-2-4-15(20)18-14/h11-13H,2-10H2,1H3,(H,17,22)/t12-,13+. The highest BCUT2D eigenvalue weighted by atomic mass is 16.2. The number of fused-ring (bicyclic) bond motifs is 2. The van der Waals surface area contributed by atoms with Crippen LogP contribution in [0.1, 0.15) is 24.4 Å². The first kappa shape index (κ1) is 14.1. The summed E-state index contributed by atoms with van der Waals surface area (Å²) in [5.74, 6) is 2.50. The van der Waals surface area contributed by atoms with E-state index in [4.69, 9.17) is 0 Å². The van der Waals surface area contributed by atoms with Crippen LogP contribution in [0.3, 0.4) is 0 Å². The van der Waals surface area contributed by atoms with Crippen molar-refractivity contribution < 1.29 is 4.79 Å². The Morgan fingerprint density at radius 2 is 2.05 bits per heavy atom. The van der Waals surface area contributed by atoms with Gasteiger partial charge in [-0.3, -0.25) is 0 Å². The summed E-state index contributed by atoms with van der Waals surface area (Å²) in [5.41, 5.74) is 0.990. The number of nitrogens with zero attached hydrogens (tertiary/aromatic N) is 4. The summed E-state index contributed by atoms with van der Waals surface area (Å²) in [6.45, 7) is 5.68. The Hall–Kier alpha value is -1.56. The number of aryl methyl sites for hydroxylation is 2. The molecule has 3 aliphatic heterocycles. The zero-order valence-corrected chi connectivity index (χ0v) is 13.3. The van der Waals surface area contributed by atoms with E-state index in [9.17, 15) is 4.79 Å². The van der Waals surface area contributed by atoms with Gasteiger partial charge in [-0.05, 0) is 31.7 Å². The molecular weight excluding hydrogens is 278 g/mol. The fourth-order valence-electron chi connectivity index (χ4n) is 4.23. The van der Waals surface area contributed by atoms with Gasteiger partial charge in [0.15, 0.2) is 0 Å². The summed E-state index contributed by atoms with van der Waals surface area (Å²) < 4.78 is 2.24. The summed E-state index contributed by atoms with van der Waals surface area (Å²) >= 11 is 0. The van der Waals surface area contributed by atoms with Crippen molar-refractivity contribution in [2.24, 2.45) is 11.8 Å². The van der Waals surface area contributed by atoms with Crippen molar-refractivity contribution >= 4 is 6.03 Å². The molecule has 4 rings (SSSR count). The average Bonchev–Trinajstić information content (AvgIpc) is 3.15. The van der Waals surface area contributed by atoms with Crippen molar-refractivity contribution in [2.45, 2.75) is 32.4 Å². The molecule has 0 spiro atoms. The number of rotatable bonds is 2. The van der Waals surface area contributed by atoms with Gasteiger partial charge in [0, 0.05) is 45.3 Å². The second-order valence-electron chi connectivity index (χ2n) is 7.10. The molecule has 2 saturated heterocycles. The van der Waals surface area contributed by atoms with Crippen LogP contribution in [0, 0.1) is 11.8 Å². The van der Waals surface area contributed by atoms with Gasteiger partial charge in [-0.2, -0.15) is 0 Å². The molecule has 1 aromatic heterocycles. The molecule has 0 aromatic carbocycles. The third kappa shape index (κ3) is 2.60. The lowest BCUT2D eigenvalue weighted by Crippen LogP contribution is -2.39. The number of likely N-dealkylation sites (tertiary alicyclic amines) is 2. The Bertz CT molecular complexity index is 531. The molecule has 3 aliphatic rings. The zero-order valence-electron chi connectivity index (χ0n) is 13.3.